The molecule has 1 aromatic carbocycles. The summed E-state index contributed by atoms with van der Waals surface area (Å²) in [4.78, 5) is 30.1. The van der Waals surface area contributed by atoms with Crippen molar-refractivity contribution in [3.8, 4) is 5.75 Å². The molecule has 8 heteroatoms. The summed E-state index contributed by atoms with van der Waals surface area (Å²) in [6, 6.07) is 13.3. The van der Waals surface area contributed by atoms with Crippen molar-refractivity contribution in [3.63, 3.8) is 0 Å². The van der Waals surface area contributed by atoms with Crippen LogP contribution in [0.3, 0.4) is 0 Å². The molecule has 3 aromatic heterocycles. The Morgan fingerprint density at radius 1 is 1.14 bits per heavy atom. The summed E-state index contributed by atoms with van der Waals surface area (Å²) in [6.07, 6.45) is 8.82. The number of amides is 1. The van der Waals surface area contributed by atoms with Gasteiger partial charge in [-0.15, -0.1) is 0 Å². The molecule has 1 spiro atoms. The quantitative estimate of drug-likeness (QED) is 0.437. The highest BCUT2D eigenvalue weighted by Crippen LogP contribution is 2.49. The summed E-state index contributed by atoms with van der Waals surface area (Å²) < 4.78 is 5.48. The molecule has 1 fully saturated rings. The van der Waals surface area contributed by atoms with Crippen LogP contribution in [0.1, 0.15) is 46.1 Å². The molecule has 0 saturated carbocycles. The lowest BCUT2D eigenvalue weighted by Gasteiger charge is -2.50. The molecule has 8 nitrogen and oxygen atoms in total. The molecule has 4 aromatic rings. The number of aliphatic hydroxyl groups excluding tert-OH is 1. The van der Waals surface area contributed by atoms with Crippen molar-refractivity contribution in [1.29, 1.82) is 0 Å². The number of hydrogen-bond donors (Lipinski definition) is 2. The van der Waals surface area contributed by atoms with Crippen LogP contribution < -0.4 is 4.74 Å². The van der Waals surface area contributed by atoms with Crippen molar-refractivity contribution >= 4 is 16.8 Å². The zero-order valence-electron chi connectivity index (χ0n) is 20.9. The third-order valence-corrected chi connectivity index (χ3v) is 8.03. The average Bonchev–Trinajstić information content (AvgIpc) is 3.34. The normalized spacial score (nSPS) is 19.2. The lowest BCUT2D eigenvalue weighted by atomic mass is 9.68. The minimum absolute atomic E-state index is 0.105. The number of ether oxygens (including phenoxy) is 1. The number of aromatic amines is 1. The Labute approximate surface area is 215 Å². The predicted molar refractivity (Wildman–Crippen MR) is 140 cm³/mol. The topological polar surface area (TPSA) is 94.6 Å². The number of carbonyl (C=O) groups excluding carboxylic acids is 1. The fourth-order valence-corrected chi connectivity index (χ4v) is 6.17. The van der Waals surface area contributed by atoms with Gasteiger partial charge in [0.25, 0.3) is 5.91 Å². The van der Waals surface area contributed by atoms with E-state index in [4.69, 9.17) is 4.74 Å². The lowest BCUT2D eigenvalue weighted by Crippen LogP contribution is -2.55. The Kier molecular flexibility index (Phi) is 6.14. The van der Waals surface area contributed by atoms with E-state index in [1.807, 2.05) is 29.3 Å². The van der Waals surface area contributed by atoms with E-state index in [-0.39, 0.29) is 17.9 Å². The van der Waals surface area contributed by atoms with E-state index in [1.54, 1.807) is 37.8 Å². The fourth-order valence-electron chi connectivity index (χ4n) is 6.17. The Morgan fingerprint density at radius 2 is 1.92 bits per heavy atom. The van der Waals surface area contributed by atoms with Crippen molar-refractivity contribution in [2.24, 2.45) is 0 Å². The van der Waals surface area contributed by atoms with Crippen molar-refractivity contribution in [2.75, 3.05) is 33.4 Å². The van der Waals surface area contributed by atoms with Gasteiger partial charge in [-0.05, 0) is 67.4 Å². The van der Waals surface area contributed by atoms with Crippen LogP contribution in [0.4, 0.5) is 0 Å². The fraction of sp³-hybridized carbons (Fsp3) is 0.345. The maximum absolute atomic E-state index is 13.7. The summed E-state index contributed by atoms with van der Waals surface area (Å²) >= 11 is 0. The Hall–Kier alpha value is -3.75. The lowest BCUT2D eigenvalue weighted by molar-refractivity contribution is 0.0337. The number of fused-ring (bicyclic) bond motifs is 4. The highest BCUT2D eigenvalue weighted by atomic mass is 16.5. The van der Waals surface area contributed by atoms with Gasteiger partial charge >= 0.3 is 0 Å². The number of aliphatic hydroxyl groups is 1. The van der Waals surface area contributed by atoms with Gasteiger partial charge in [-0.25, -0.2) is 0 Å². The summed E-state index contributed by atoms with van der Waals surface area (Å²) in [7, 11) is 1.66. The molecule has 2 aliphatic heterocycles. The third-order valence-electron chi connectivity index (χ3n) is 8.03. The van der Waals surface area contributed by atoms with E-state index in [9.17, 15) is 9.90 Å². The molecule has 0 aliphatic carbocycles. The van der Waals surface area contributed by atoms with Crippen molar-refractivity contribution in [1.82, 2.24) is 24.8 Å². The van der Waals surface area contributed by atoms with Gasteiger partial charge in [0.05, 0.1) is 25.3 Å². The zero-order chi connectivity index (χ0) is 25.4. The molecule has 1 atom stereocenters. The van der Waals surface area contributed by atoms with Crippen LogP contribution in [0.5, 0.6) is 5.75 Å². The molecule has 0 radical (unpaired) electrons. The number of nitrogens with one attached hydrogen (secondary N) is 1. The second kappa shape index (κ2) is 9.61. The number of methoxy groups -OCH3 is 1. The molecule has 37 heavy (non-hydrogen) atoms. The van der Waals surface area contributed by atoms with Crippen LogP contribution in [-0.2, 0) is 12.0 Å². The monoisotopic (exact) mass is 497 g/mol. The molecule has 1 saturated heterocycles. The molecule has 1 amide bonds. The smallest absolute Gasteiger partial charge is 0.256 e. The van der Waals surface area contributed by atoms with Crippen molar-refractivity contribution < 1.29 is 14.6 Å². The van der Waals surface area contributed by atoms with Gasteiger partial charge in [-0.3, -0.25) is 19.7 Å². The Bertz CT molecular complexity index is 1400. The standard InChI is InChI=1S/C29H31N5O3/c1-37-22-6-7-23-24(14-22)32-27-25(18-35)34(28(36)21-5-3-11-31-16-21)19-29(26(23)27)8-12-33(13-9-29)17-20-4-2-10-30-15-20/h2-7,10-11,14-16,25,32,35H,8-9,12-13,17-19H2,1H3/t25-/m0/s1. The first-order valence-corrected chi connectivity index (χ1v) is 12.7. The van der Waals surface area contributed by atoms with Gasteiger partial charge in [0, 0.05) is 66.0 Å². The first-order valence-electron chi connectivity index (χ1n) is 12.7. The number of aromatic nitrogens is 3. The molecule has 2 N–H and O–H groups in total. The van der Waals surface area contributed by atoms with Gasteiger partial charge < -0.3 is 19.7 Å². The summed E-state index contributed by atoms with van der Waals surface area (Å²) in [5.74, 6) is 0.668. The molecule has 0 unspecified atom stereocenters. The van der Waals surface area contributed by atoms with Crippen LogP contribution in [0.25, 0.3) is 10.9 Å². The number of rotatable bonds is 5. The zero-order valence-corrected chi connectivity index (χ0v) is 20.9. The number of pyridine rings is 2. The molecule has 190 valence electrons. The number of carbonyl (C=O) groups is 1. The van der Waals surface area contributed by atoms with Crippen LogP contribution in [0.15, 0.2) is 67.3 Å². The van der Waals surface area contributed by atoms with Crippen LogP contribution in [0, 0.1) is 0 Å². The number of piperidine rings is 1. The van der Waals surface area contributed by atoms with Crippen molar-refractivity contribution in [3.05, 3.63) is 89.6 Å². The van der Waals surface area contributed by atoms with Crippen LogP contribution in [0.2, 0.25) is 0 Å². The van der Waals surface area contributed by atoms with E-state index >= 15 is 0 Å². The minimum atomic E-state index is -0.458. The van der Waals surface area contributed by atoms with Gasteiger partial charge in [0.15, 0.2) is 0 Å². The maximum atomic E-state index is 13.7. The second-order valence-electron chi connectivity index (χ2n) is 10.1. The van der Waals surface area contributed by atoms with E-state index in [0.29, 0.717) is 12.1 Å². The van der Waals surface area contributed by atoms with E-state index in [1.165, 1.54) is 11.1 Å². The molecular weight excluding hydrogens is 466 g/mol. The minimum Gasteiger partial charge on any atom is -0.497 e. The number of hydrogen-bond acceptors (Lipinski definition) is 6. The first kappa shape index (κ1) is 23.6. The number of likely N-dealkylation sites (tertiary alicyclic amines) is 1. The summed E-state index contributed by atoms with van der Waals surface area (Å²) in [5, 5.41) is 11.7. The number of nitrogens with zero attached hydrogens (tertiary/aromatic N) is 4. The van der Waals surface area contributed by atoms with Gasteiger partial charge in [0.1, 0.15) is 5.75 Å². The second-order valence-corrected chi connectivity index (χ2v) is 10.1. The molecule has 6 rings (SSSR count). The largest absolute Gasteiger partial charge is 0.497 e. The highest BCUT2D eigenvalue weighted by Gasteiger charge is 2.48. The SMILES string of the molecule is COc1ccc2c3c([nH]c2c1)[C@H](CO)N(C(=O)c1cccnc1)CC31CCN(Cc2cccnc2)CC1. The molecule has 5 heterocycles. The average molecular weight is 498 g/mol. The van der Waals surface area contributed by atoms with Gasteiger partial charge in [0.2, 0.25) is 0 Å². The molecule has 2 aliphatic rings. The van der Waals surface area contributed by atoms with Gasteiger partial charge in [-0.1, -0.05) is 6.07 Å². The molecular formula is C29H31N5O3. The number of H-pyrrole nitrogens is 1. The van der Waals surface area contributed by atoms with Crippen LogP contribution in [-0.4, -0.2) is 69.1 Å². The Morgan fingerprint density at radius 3 is 2.59 bits per heavy atom. The Balaban J connectivity index is 1.40. The first-order chi connectivity index (χ1) is 18.1. The molecule has 0 bridgehead atoms. The van der Waals surface area contributed by atoms with E-state index in [2.05, 4.69) is 32.0 Å². The maximum Gasteiger partial charge on any atom is 0.256 e. The van der Waals surface area contributed by atoms with Gasteiger partial charge in [-0.2, -0.15) is 0 Å². The summed E-state index contributed by atoms with van der Waals surface area (Å²) in [5.41, 5.74) is 4.64. The van der Waals surface area contributed by atoms with E-state index in [0.717, 1.165) is 54.8 Å². The number of benzene rings is 1. The third kappa shape index (κ3) is 4.16. The van der Waals surface area contributed by atoms with E-state index < -0.39 is 6.04 Å². The highest BCUT2D eigenvalue weighted by molar-refractivity contribution is 5.95. The van der Waals surface area contributed by atoms with Crippen LogP contribution >= 0.6 is 0 Å². The van der Waals surface area contributed by atoms with Crippen molar-refractivity contribution in [2.45, 2.75) is 30.8 Å². The summed E-state index contributed by atoms with van der Waals surface area (Å²) in [6.45, 7) is 3.08. The predicted octanol–water partition coefficient (Wildman–Crippen LogP) is 3.69.